The Morgan fingerprint density at radius 3 is 2.92 bits per heavy atom. The molecule has 25 heavy (non-hydrogen) atoms. The number of nitrogens with zero attached hydrogens (tertiary/aromatic N) is 2. The van der Waals surface area contributed by atoms with E-state index in [4.69, 9.17) is 4.74 Å². The monoisotopic (exact) mass is 338 g/mol. The molecule has 2 aromatic heterocycles. The normalized spacial score (nSPS) is 10.6. The second-order valence-electron chi connectivity index (χ2n) is 5.70. The maximum atomic E-state index is 11.9. The van der Waals surface area contributed by atoms with E-state index in [1.807, 2.05) is 24.3 Å². The van der Waals surface area contributed by atoms with Gasteiger partial charge < -0.3 is 19.9 Å². The van der Waals surface area contributed by atoms with Crippen molar-refractivity contribution in [3.63, 3.8) is 0 Å². The summed E-state index contributed by atoms with van der Waals surface area (Å²) in [6, 6.07) is 13.9. The summed E-state index contributed by atoms with van der Waals surface area (Å²) in [6.45, 7) is 1.86. The second-order valence-corrected chi connectivity index (χ2v) is 5.70. The molecular weight excluding hydrogens is 316 g/mol. The average Bonchev–Trinajstić information content (AvgIpc) is 3.07. The fourth-order valence-electron chi connectivity index (χ4n) is 2.77. The lowest BCUT2D eigenvalue weighted by Crippen LogP contribution is -2.35. The van der Waals surface area contributed by atoms with Crippen LogP contribution in [0.4, 0.5) is 4.79 Å². The SMILES string of the molecule is COc1ncccc1CNC(=O)NCCCn1ccc2ccccc21. The van der Waals surface area contributed by atoms with Gasteiger partial charge in [0.15, 0.2) is 0 Å². The number of fused-ring (bicyclic) bond motifs is 1. The van der Waals surface area contributed by atoms with Gasteiger partial charge >= 0.3 is 6.03 Å². The molecule has 6 heteroatoms. The van der Waals surface area contributed by atoms with Crippen LogP contribution in [0, 0.1) is 0 Å². The largest absolute Gasteiger partial charge is 0.481 e. The number of pyridine rings is 1. The van der Waals surface area contributed by atoms with Crippen molar-refractivity contribution in [3.05, 3.63) is 60.4 Å². The summed E-state index contributed by atoms with van der Waals surface area (Å²) >= 11 is 0. The highest BCUT2D eigenvalue weighted by Crippen LogP contribution is 2.15. The molecule has 6 nitrogen and oxygen atoms in total. The molecule has 0 bridgehead atoms. The first kappa shape index (κ1) is 16.8. The van der Waals surface area contributed by atoms with Crippen LogP contribution >= 0.6 is 0 Å². The molecule has 0 unspecified atom stereocenters. The van der Waals surface area contributed by atoms with Crippen LogP contribution < -0.4 is 15.4 Å². The number of urea groups is 1. The van der Waals surface area contributed by atoms with Crippen LogP contribution in [0.5, 0.6) is 5.88 Å². The summed E-state index contributed by atoms with van der Waals surface area (Å²) in [5.74, 6) is 0.530. The van der Waals surface area contributed by atoms with Crippen molar-refractivity contribution in [1.82, 2.24) is 20.2 Å². The van der Waals surface area contributed by atoms with Crippen molar-refractivity contribution >= 4 is 16.9 Å². The highest BCUT2D eigenvalue weighted by atomic mass is 16.5. The van der Waals surface area contributed by atoms with Crippen molar-refractivity contribution in [2.75, 3.05) is 13.7 Å². The summed E-state index contributed by atoms with van der Waals surface area (Å²) in [5, 5.41) is 6.93. The third kappa shape index (κ3) is 4.29. The van der Waals surface area contributed by atoms with E-state index in [-0.39, 0.29) is 6.03 Å². The van der Waals surface area contributed by atoms with Gasteiger partial charge in [0.05, 0.1) is 7.11 Å². The Balaban J connectivity index is 1.41. The molecule has 2 heterocycles. The number of hydrogen-bond donors (Lipinski definition) is 2. The molecule has 2 N–H and O–H groups in total. The standard InChI is InChI=1S/C19H22N4O2/c1-25-18-16(7-4-10-20-18)14-22-19(24)21-11-5-12-23-13-9-15-6-2-3-8-17(15)23/h2-4,6-10,13H,5,11-12,14H2,1H3,(H2,21,22,24). The molecule has 0 saturated carbocycles. The third-order valence-electron chi connectivity index (χ3n) is 4.02. The molecule has 0 aliphatic heterocycles. The van der Waals surface area contributed by atoms with E-state index in [1.54, 1.807) is 13.3 Å². The molecule has 1 aromatic carbocycles. The molecule has 130 valence electrons. The molecule has 0 radical (unpaired) electrons. The van der Waals surface area contributed by atoms with Crippen molar-refractivity contribution < 1.29 is 9.53 Å². The number of para-hydroxylation sites is 1. The van der Waals surface area contributed by atoms with Crippen molar-refractivity contribution in [1.29, 1.82) is 0 Å². The number of methoxy groups -OCH3 is 1. The van der Waals surface area contributed by atoms with Crippen LogP contribution in [0.15, 0.2) is 54.9 Å². The quantitative estimate of drug-likeness (QED) is 0.651. The fourth-order valence-corrected chi connectivity index (χ4v) is 2.77. The fraction of sp³-hybridized carbons (Fsp3) is 0.263. The summed E-state index contributed by atoms with van der Waals surface area (Å²) in [7, 11) is 1.57. The molecule has 0 aliphatic rings. The van der Waals surface area contributed by atoms with E-state index in [9.17, 15) is 4.79 Å². The summed E-state index contributed by atoms with van der Waals surface area (Å²) in [6.07, 6.45) is 4.61. The number of nitrogens with one attached hydrogen (secondary N) is 2. The second kappa shape index (κ2) is 8.19. The maximum absolute atomic E-state index is 11.9. The van der Waals surface area contributed by atoms with Crippen LogP contribution in [-0.4, -0.2) is 29.2 Å². The third-order valence-corrected chi connectivity index (χ3v) is 4.02. The average molecular weight is 338 g/mol. The predicted molar refractivity (Wildman–Crippen MR) is 97.6 cm³/mol. The van der Waals surface area contributed by atoms with Gasteiger partial charge in [-0.3, -0.25) is 0 Å². The minimum absolute atomic E-state index is 0.191. The molecule has 0 fully saturated rings. The van der Waals surface area contributed by atoms with E-state index in [1.165, 1.54) is 10.9 Å². The number of carbonyl (C=O) groups excluding carboxylic acids is 1. The van der Waals surface area contributed by atoms with Gasteiger partial charge in [-0.25, -0.2) is 9.78 Å². The maximum Gasteiger partial charge on any atom is 0.315 e. The Morgan fingerprint density at radius 2 is 2.04 bits per heavy atom. The number of rotatable bonds is 7. The number of carbonyl (C=O) groups is 1. The van der Waals surface area contributed by atoms with Gasteiger partial charge in [0.2, 0.25) is 5.88 Å². The van der Waals surface area contributed by atoms with Gasteiger partial charge in [0.25, 0.3) is 0 Å². The van der Waals surface area contributed by atoms with Gasteiger partial charge in [0, 0.05) is 43.1 Å². The van der Waals surface area contributed by atoms with Crippen LogP contribution in [0.2, 0.25) is 0 Å². The van der Waals surface area contributed by atoms with Gasteiger partial charge in [-0.2, -0.15) is 0 Å². The number of aryl methyl sites for hydroxylation is 1. The van der Waals surface area contributed by atoms with E-state index < -0.39 is 0 Å². The van der Waals surface area contributed by atoms with Gasteiger partial charge in [-0.15, -0.1) is 0 Å². The first-order valence-electron chi connectivity index (χ1n) is 8.31. The molecular formula is C19H22N4O2. The Morgan fingerprint density at radius 1 is 1.16 bits per heavy atom. The number of hydrogen-bond acceptors (Lipinski definition) is 3. The molecule has 0 saturated heterocycles. The number of aromatic nitrogens is 2. The first-order chi connectivity index (χ1) is 12.3. The lowest BCUT2D eigenvalue weighted by molar-refractivity contribution is 0.240. The zero-order chi connectivity index (χ0) is 17.5. The highest BCUT2D eigenvalue weighted by Gasteiger charge is 2.05. The molecule has 0 spiro atoms. The summed E-state index contributed by atoms with van der Waals surface area (Å²) in [4.78, 5) is 16.0. The molecule has 0 aliphatic carbocycles. The highest BCUT2D eigenvalue weighted by molar-refractivity contribution is 5.79. The van der Waals surface area contributed by atoms with Crippen LogP contribution in [0.3, 0.4) is 0 Å². The minimum atomic E-state index is -0.191. The molecule has 3 rings (SSSR count). The van der Waals surface area contributed by atoms with Crippen molar-refractivity contribution in [3.8, 4) is 5.88 Å². The minimum Gasteiger partial charge on any atom is -0.481 e. The lowest BCUT2D eigenvalue weighted by atomic mass is 10.2. The van der Waals surface area contributed by atoms with E-state index >= 15 is 0 Å². The first-order valence-corrected chi connectivity index (χ1v) is 8.31. The van der Waals surface area contributed by atoms with Crippen molar-refractivity contribution in [2.24, 2.45) is 0 Å². The van der Waals surface area contributed by atoms with Crippen LogP contribution in [-0.2, 0) is 13.1 Å². The summed E-state index contributed by atoms with van der Waals surface area (Å²) < 4.78 is 7.37. The Kier molecular flexibility index (Phi) is 5.51. The van der Waals surface area contributed by atoms with E-state index in [2.05, 4.69) is 44.6 Å². The van der Waals surface area contributed by atoms with Gasteiger partial charge in [-0.05, 0) is 30.0 Å². The van der Waals surface area contributed by atoms with Crippen LogP contribution in [0.25, 0.3) is 10.9 Å². The molecule has 2 amide bonds. The van der Waals surface area contributed by atoms with E-state index in [0.29, 0.717) is 19.0 Å². The summed E-state index contributed by atoms with van der Waals surface area (Å²) in [5.41, 5.74) is 2.06. The lowest BCUT2D eigenvalue weighted by Gasteiger charge is -2.10. The predicted octanol–water partition coefficient (Wildman–Crippen LogP) is 2.93. The Labute approximate surface area is 146 Å². The Hall–Kier alpha value is -3.02. The van der Waals surface area contributed by atoms with E-state index in [0.717, 1.165) is 18.5 Å². The van der Waals surface area contributed by atoms with Crippen molar-refractivity contribution in [2.45, 2.75) is 19.5 Å². The topological polar surface area (TPSA) is 68.2 Å². The van der Waals surface area contributed by atoms with Crippen LogP contribution in [0.1, 0.15) is 12.0 Å². The van der Waals surface area contributed by atoms with Gasteiger partial charge in [-0.1, -0.05) is 24.3 Å². The number of ether oxygens (including phenoxy) is 1. The zero-order valence-corrected chi connectivity index (χ0v) is 14.2. The molecule has 3 aromatic rings. The van der Waals surface area contributed by atoms with Gasteiger partial charge in [0.1, 0.15) is 0 Å². The smallest absolute Gasteiger partial charge is 0.315 e. The number of amides is 2. The number of benzene rings is 1. The molecule has 0 atom stereocenters. The zero-order valence-electron chi connectivity index (χ0n) is 14.2. The Bertz CT molecular complexity index is 844.